The number of halogens is 1. The van der Waals surface area contributed by atoms with E-state index in [0.29, 0.717) is 0 Å². The number of nitrogens with two attached hydrogens (primary N) is 1. The first-order valence-electron chi connectivity index (χ1n) is 4.10. The van der Waals surface area contributed by atoms with Crippen LogP contribution in [0.5, 0.6) is 0 Å². The molecule has 13 heavy (non-hydrogen) atoms. The monoisotopic (exact) mass is 195 g/mol. The fraction of sp³-hybridized carbons (Fsp3) is 0.200. The van der Waals surface area contributed by atoms with Crippen molar-refractivity contribution in [2.75, 3.05) is 5.73 Å². The first-order valence-corrected chi connectivity index (χ1v) is 4.91. The van der Waals surface area contributed by atoms with Crippen molar-refractivity contribution in [1.29, 1.82) is 0 Å². The third-order valence-corrected chi connectivity index (χ3v) is 3.21. The van der Waals surface area contributed by atoms with Crippen LogP contribution in [0.2, 0.25) is 0 Å². The summed E-state index contributed by atoms with van der Waals surface area (Å²) in [5.41, 5.74) is 6.35. The van der Waals surface area contributed by atoms with Gasteiger partial charge in [0.2, 0.25) is 0 Å². The molecule has 1 atom stereocenters. The zero-order chi connectivity index (χ0) is 9.42. The molecular formula is C10H10FNS. The molecule has 0 saturated carbocycles. The quantitative estimate of drug-likeness (QED) is 0.692. The molecule has 1 aromatic heterocycles. The molecular weight excluding hydrogens is 185 g/mol. The summed E-state index contributed by atoms with van der Waals surface area (Å²) in [6.07, 6.45) is -0.890. The highest BCUT2D eigenvalue weighted by atomic mass is 32.1. The van der Waals surface area contributed by atoms with Gasteiger partial charge in [-0.1, -0.05) is 6.07 Å². The SMILES string of the molecule is CC(F)c1cc2ccc(N)cc2s1. The number of alkyl halides is 1. The summed E-state index contributed by atoms with van der Waals surface area (Å²) >= 11 is 1.46. The normalized spacial score (nSPS) is 13.4. The molecule has 0 radical (unpaired) electrons. The lowest BCUT2D eigenvalue weighted by atomic mass is 10.2. The predicted octanol–water partition coefficient (Wildman–Crippen LogP) is 3.51. The highest BCUT2D eigenvalue weighted by Crippen LogP contribution is 2.32. The summed E-state index contributed by atoms with van der Waals surface area (Å²) in [5, 5.41) is 1.07. The minimum atomic E-state index is -0.890. The summed E-state index contributed by atoms with van der Waals surface area (Å²) in [6, 6.07) is 7.52. The van der Waals surface area contributed by atoms with Crippen LogP contribution < -0.4 is 5.73 Å². The molecule has 2 rings (SSSR count). The van der Waals surface area contributed by atoms with Crippen molar-refractivity contribution in [2.24, 2.45) is 0 Å². The van der Waals surface area contributed by atoms with E-state index in [0.717, 1.165) is 20.7 Å². The molecule has 1 heterocycles. The number of nitrogen functional groups attached to an aromatic ring is 1. The zero-order valence-electron chi connectivity index (χ0n) is 7.25. The molecule has 1 nitrogen and oxygen atoms in total. The lowest BCUT2D eigenvalue weighted by molar-refractivity contribution is 0.380. The molecule has 0 spiro atoms. The molecule has 0 saturated heterocycles. The first-order chi connectivity index (χ1) is 6.16. The van der Waals surface area contributed by atoms with Crippen LogP contribution in [-0.2, 0) is 0 Å². The molecule has 0 aliphatic carbocycles. The van der Waals surface area contributed by atoms with Gasteiger partial charge in [-0.05, 0) is 30.5 Å². The number of benzene rings is 1. The third-order valence-electron chi connectivity index (χ3n) is 1.96. The van der Waals surface area contributed by atoms with Gasteiger partial charge in [-0.2, -0.15) is 0 Å². The van der Waals surface area contributed by atoms with Gasteiger partial charge in [0.05, 0.1) is 0 Å². The van der Waals surface area contributed by atoms with E-state index >= 15 is 0 Å². The van der Waals surface area contributed by atoms with E-state index in [1.54, 1.807) is 6.92 Å². The summed E-state index contributed by atoms with van der Waals surface area (Å²) in [5.74, 6) is 0. The van der Waals surface area contributed by atoms with Gasteiger partial charge in [-0.15, -0.1) is 11.3 Å². The summed E-state index contributed by atoms with van der Waals surface area (Å²) in [6.45, 7) is 1.55. The van der Waals surface area contributed by atoms with E-state index in [1.807, 2.05) is 24.3 Å². The zero-order valence-corrected chi connectivity index (χ0v) is 8.07. The Balaban J connectivity index is 2.62. The number of hydrogen-bond acceptors (Lipinski definition) is 2. The Kier molecular flexibility index (Phi) is 1.96. The van der Waals surface area contributed by atoms with Crippen LogP contribution in [-0.4, -0.2) is 0 Å². The Morgan fingerprint density at radius 2 is 2.15 bits per heavy atom. The van der Waals surface area contributed by atoms with Crippen LogP contribution in [0.25, 0.3) is 10.1 Å². The van der Waals surface area contributed by atoms with Crippen LogP contribution >= 0.6 is 11.3 Å². The molecule has 2 N–H and O–H groups in total. The largest absolute Gasteiger partial charge is 0.399 e. The van der Waals surface area contributed by atoms with Gasteiger partial charge >= 0.3 is 0 Å². The Bertz CT molecular complexity index is 433. The minimum absolute atomic E-state index is 0.729. The van der Waals surface area contributed by atoms with Gasteiger partial charge in [0.1, 0.15) is 6.17 Å². The van der Waals surface area contributed by atoms with E-state index < -0.39 is 6.17 Å². The van der Waals surface area contributed by atoms with Crippen LogP contribution in [0, 0.1) is 0 Å². The van der Waals surface area contributed by atoms with E-state index in [-0.39, 0.29) is 0 Å². The Hall–Kier alpha value is -1.09. The smallest absolute Gasteiger partial charge is 0.131 e. The molecule has 0 fully saturated rings. The van der Waals surface area contributed by atoms with E-state index in [1.165, 1.54) is 11.3 Å². The second-order valence-electron chi connectivity index (χ2n) is 3.06. The molecule has 0 aliphatic rings. The fourth-order valence-electron chi connectivity index (χ4n) is 1.26. The predicted molar refractivity (Wildman–Crippen MR) is 55.8 cm³/mol. The van der Waals surface area contributed by atoms with Crippen LogP contribution in [0.3, 0.4) is 0 Å². The maximum Gasteiger partial charge on any atom is 0.131 e. The number of anilines is 1. The van der Waals surface area contributed by atoms with Crippen molar-refractivity contribution in [2.45, 2.75) is 13.1 Å². The van der Waals surface area contributed by atoms with Gasteiger partial charge in [0.15, 0.2) is 0 Å². The molecule has 1 aromatic carbocycles. The average Bonchev–Trinajstić information content (AvgIpc) is 2.46. The van der Waals surface area contributed by atoms with Gasteiger partial charge in [-0.25, -0.2) is 4.39 Å². The summed E-state index contributed by atoms with van der Waals surface area (Å²) < 4.78 is 14.0. The molecule has 68 valence electrons. The van der Waals surface area contributed by atoms with Crippen molar-refractivity contribution in [3.8, 4) is 0 Å². The number of thiophene rings is 1. The summed E-state index contributed by atoms with van der Waals surface area (Å²) in [4.78, 5) is 0.764. The Labute approximate surface area is 80.0 Å². The maximum absolute atomic E-state index is 13.0. The fourth-order valence-corrected chi connectivity index (χ4v) is 2.31. The number of fused-ring (bicyclic) bond motifs is 1. The molecule has 1 unspecified atom stereocenters. The van der Waals surface area contributed by atoms with Gasteiger partial charge in [-0.3, -0.25) is 0 Å². The average molecular weight is 195 g/mol. The lowest BCUT2D eigenvalue weighted by Crippen LogP contribution is -1.80. The van der Waals surface area contributed by atoms with Gasteiger partial charge in [0.25, 0.3) is 0 Å². The number of rotatable bonds is 1. The first kappa shape index (κ1) is 8.51. The minimum Gasteiger partial charge on any atom is -0.399 e. The van der Waals surface area contributed by atoms with Gasteiger partial charge in [0, 0.05) is 15.3 Å². The third kappa shape index (κ3) is 1.52. The Morgan fingerprint density at radius 3 is 2.85 bits per heavy atom. The highest BCUT2D eigenvalue weighted by Gasteiger charge is 2.07. The van der Waals surface area contributed by atoms with Crippen molar-refractivity contribution >= 4 is 27.1 Å². The standard InChI is InChI=1S/C10H10FNS/c1-6(11)9-4-7-2-3-8(12)5-10(7)13-9/h2-6H,12H2,1H3. The topological polar surface area (TPSA) is 26.0 Å². The molecule has 3 heteroatoms. The Morgan fingerprint density at radius 1 is 1.38 bits per heavy atom. The number of hydrogen-bond donors (Lipinski definition) is 1. The van der Waals surface area contributed by atoms with Crippen LogP contribution in [0.4, 0.5) is 10.1 Å². The van der Waals surface area contributed by atoms with Crippen LogP contribution in [0.1, 0.15) is 18.0 Å². The van der Waals surface area contributed by atoms with E-state index in [2.05, 4.69) is 0 Å². The molecule has 0 amide bonds. The van der Waals surface area contributed by atoms with E-state index in [4.69, 9.17) is 5.73 Å². The summed E-state index contributed by atoms with van der Waals surface area (Å²) in [7, 11) is 0. The molecule has 0 aliphatic heterocycles. The maximum atomic E-state index is 13.0. The molecule has 2 aromatic rings. The van der Waals surface area contributed by atoms with Crippen molar-refractivity contribution in [3.63, 3.8) is 0 Å². The molecule has 0 bridgehead atoms. The van der Waals surface area contributed by atoms with Crippen molar-refractivity contribution < 1.29 is 4.39 Å². The van der Waals surface area contributed by atoms with Crippen molar-refractivity contribution in [1.82, 2.24) is 0 Å². The van der Waals surface area contributed by atoms with Crippen molar-refractivity contribution in [3.05, 3.63) is 29.1 Å². The van der Waals surface area contributed by atoms with Gasteiger partial charge < -0.3 is 5.73 Å². The lowest BCUT2D eigenvalue weighted by Gasteiger charge is -1.92. The van der Waals surface area contributed by atoms with E-state index in [9.17, 15) is 4.39 Å². The second kappa shape index (κ2) is 3.00. The second-order valence-corrected chi connectivity index (χ2v) is 4.18. The highest BCUT2D eigenvalue weighted by molar-refractivity contribution is 7.19. The van der Waals surface area contributed by atoms with Crippen LogP contribution in [0.15, 0.2) is 24.3 Å².